The molecule has 11 heteroatoms. The number of carbonyl (C=O) groups is 3. The van der Waals surface area contributed by atoms with Crippen LogP contribution >= 0.6 is 24.0 Å². The molecule has 1 unspecified atom stereocenters. The number of thiocarbonyl (C=S) groups is 1. The summed E-state index contributed by atoms with van der Waals surface area (Å²) in [7, 11) is 4.35. The highest BCUT2D eigenvalue weighted by Gasteiger charge is 2.41. The first kappa shape index (κ1) is 21.5. The first-order chi connectivity index (χ1) is 13.2. The van der Waals surface area contributed by atoms with Crippen molar-refractivity contribution in [3.8, 4) is 17.2 Å². The molecule has 2 rings (SSSR count). The summed E-state index contributed by atoms with van der Waals surface area (Å²) in [5.41, 5.74) is 0.528. The number of carboxylic acid groups (broad SMARTS) is 2. The zero-order chi connectivity index (χ0) is 21.0. The molecule has 1 aromatic rings. The van der Waals surface area contributed by atoms with E-state index in [1.165, 1.54) is 27.4 Å². The van der Waals surface area contributed by atoms with Gasteiger partial charge in [0.2, 0.25) is 5.75 Å². The number of carboxylic acids is 2. The van der Waals surface area contributed by atoms with Crippen molar-refractivity contribution in [2.45, 2.75) is 12.5 Å². The number of nitrogens with zero attached hydrogens (tertiary/aromatic N) is 1. The molecule has 1 amide bonds. The molecule has 1 heterocycles. The van der Waals surface area contributed by atoms with Gasteiger partial charge in [0.1, 0.15) is 10.4 Å². The highest BCUT2D eigenvalue weighted by Crippen LogP contribution is 2.40. The van der Waals surface area contributed by atoms with Crippen molar-refractivity contribution in [3.05, 3.63) is 22.6 Å². The fourth-order valence-electron chi connectivity index (χ4n) is 2.54. The van der Waals surface area contributed by atoms with Gasteiger partial charge < -0.3 is 24.4 Å². The second-order valence-electron chi connectivity index (χ2n) is 5.46. The van der Waals surface area contributed by atoms with Crippen LogP contribution in [0.5, 0.6) is 17.2 Å². The van der Waals surface area contributed by atoms with Crippen molar-refractivity contribution >= 4 is 52.2 Å². The van der Waals surface area contributed by atoms with Crippen molar-refractivity contribution in [2.24, 2.45) is 0 Å². The van der Waals surface area contributed by atoms with E-state index in [-0.39, 0.29) is 9.23 Å². The number of benzene rings is 1. The van der Waals surface area contributed by atoms with Crippen molar-refractivity contribution in [1.29, 1.82) is 0 Å². The molecule has 28 heavy (non-hydrogen) atoms. The maximum Gasteiger partial charge on any atom is 0.327 e. The molecular weight excluding hydrogens is 410 g/mol. The Labute approximate surface area is 169 Å². The Morgan fingerprint density at radius 2 is 1.75 bits per heavy atom. The third-order valence-electron chi connectivity index (χ3n) is 3.77. The highest BCUT2D eigenvalue weighted by molar-refractivity contribution is 8.26. The van der Waals surface area contributed by atoms with Gasteiger partial charge in [-0.05, 0) is 23.8 Å². The molecule has 1 aliphatic heterocycles. The van der Waals surface area contributed by atoms with Crippen LogP contribution in [0.2, 0.25) is 0 Å². The summed E-state index contributed by atoms with van der Waals surface area (Å²) in [6.07, 6.45) is 0.725. The lowest BCUT2D eigenvalue weighted by atomic mass is 10.1. The van der Waals surface area contributed by atoms with E-state index < -0.39 is 30.3 Å². The summed E-state index contributed by atoms with van der Waals surface area (Å²) in [5, 5.41) is 18.2. The molecule has 1 fully saturated rings. The molecule has 0 spiro atoms. The van der Waals surface area contributed by atoms with Gasteiger partial charge in [-0.3, -0.25) is 14.5 Å². The molecule has 2 N–H and O–H groups in total. The van der Waals surface area contributed by atoms with E-state index in [2.05, 4.69) is 0 Å². The van der Waals surface area contributed by atoms with Crippen molar-refractivity contribution in [3.63, 3.8) is 0 Å². The number of carbonyl (C=O) groups excluding carboxylic acids is 1. The molecule has 0 saturated carbocycles. The van der Waals surface area contributed by atoms with Gasteiger partial charge in [0.15, 0.2) is 11.5 Å². The normalized spacial score (nSPS) is 16.2. The summed E-state index contributed by atoms with van der Waals surface area (Å²) < 4.78 is 15.7. The molecular formula is C17H17NO8S2. The number of hydrogen-bond donors (Lipinski definition) is 2. The van der Waals surface area contributed by atoms with Crippen LogP contribution in [-0.2, 0) is 14.4 Å². The number of amides is 1. The van der Waals surface area contributed by atoms with Gasteiger partial charge in [0, 0.05) is 0 Å². The highest BCUT2D eigenvalue weighted by atomic mass is 32.2. The van der Waals surface area contributed by atoms with Crippen molar-refractivity contribution in [2.75, 3.05) is 21.3 Å². The maximum atomic E-state index is 12.7. The number of thioether (sulfide) groups is 1. The minimum atomic E-state index is -1.59. The van der Waals surface area contributed by atoms with Gasteiger partial charge in [-0.2, -0.15) is 0 Å². The summed E-state index contributed by atoms with van der Waals surface area (Å²) in [4.78, 5) is 36.0. The van der Waals surface area contributed by atoms with E-state index in [0.29, 0.717) is 22.8 Å². The standard InChI is InChI=1S/C17H17NO8S2/c1-24-10-4-8(5-11(25-2)14(10)26-3)6-12-15(21)18(17(27)28-12)9(16(22)23)7-13(19)20/h4-6,9H,7H2,1-3H3,(H,19,20)(H,22,23)/b12-6-. The van der Waals surface area contributed by atoms with Crippen LogP contribution in [0.3, 0.4) is 0 Å². The monoisotopic (exact) mass is 427 g/mol. The van der Waals surface area contributed by atoms with E-state index in [1.807, 2.05) is 0 Å². The third-order valence-corrected chi connectivity index (χ3v) is 5.10. The Balaban J connectivity index is 2.43. The third kappa shape index (κ3) is 4.37. The molecule has 150 valence electrons. The summed E-state index contributed by atoms with van der Waals surface area (Å²) >= 11 is 5.98. The smallest absolute Gasteiger partial charge is 0.327 e. The largest absolute Gasteiger partial charge is 0.493 e. The molecule has 0 bridgehead atoms. The van der Waals surface area contributed by atoms with Gasteiger partial charge in [0.05, 0.1) is 32.7 Å². The topological polar surface area (TPSA) is 123 Å². The van der Waals surface area contributed by atoms with Crippen LogP contribution < -0.4 is 14.2 Å². The van der Waals surface area contributed by atoms with Crippen LogP contribution in [0.1, 0.15) is 12.0 Å². The quantitative estimate of drug-likeness (QED) is 0.469. The average Bonchev–Trinajstić information content (AvgIpc) is 2.91. The predicted octanol–water partition coefficient (Wildman–Crippen LogP) is 1.84. The molecule has 1 aliphatic rings. The van der Waals surface area contributed by atoms with E-state index in [4.69, 9.17) is 31.5 Å². The summed E-state index contributed by atoms with van der Waals surface area (Å²) in [6.45, 7) is 0. The van der Waals surface area contributed by atoms with Gasteiger partial charge in [-0.1, -0.05) is 24.0 Å². The number of methoxy groups -OCH3 is 3. The van der Waals surface area contributed by atoms with Crippen LogP contribution in [-0.4, -0.2) is 64.7 Å². The molecule has 1 aromatic carbocycles. The Hall–Kier alpha value is -2.79. The first-order valence-electron chi connectivity index (χ1n) is 7.75. The molecule has 0 radical (unpaired) electrons. The molecule has 1 saturated heterocycles. The van der Waals surface area contributed by atoms with Crippen LogP contribution in [0.4, 0.5) is 0 Å². The maximum absolute atomic E-state index is 12.7. The SMILES string of the molecule is COc1cc(/C=C2\SC(=S)N(C(CC(=O)O)C(=O)O)C2=O)cc(OC)c1OC. The van der Waals surface area contributed by atoms with Crippen LogP contribution in [0.15, 0.2) is 17.0 Å². The average molecular weight is 427 g/mol. The molecule has 1 atom stereocenters. The van der Waals surface area contributed by atoms with Crippen LogP contribution in [0, 0.1) is 0 Å². The van der Waals surface area contributed by atoms with Crippen LogP contribution in [0.25, 0.3) is 6.08 Å². The Bertz CT molecular complexity index is 842. The number of aliphatic carboxylic acids is 2. The Kier molecular flexibility index (Phi) is 6.86. The van der Waals surface area contributed by atoms with Gasteiger partial charge in [-0.15, -0.1) is 0 Å². The first-order valence-corrected chi connectivity index (χ1v) is 8.97. The van der Waals surface area contributed by atoms with E-state index >= 15 is 0 Å². The second kappa shape index (κ2) is 8.93. The van der Waals surface area contributed by atoms with E-state index in [1.54, 1.807) is 12.1 Å². The fraction of sp³-hybridized carbons (Fsp3) is 0.294. The number of hydrogen-bond acceptors (Lipinski definition) is 8. The fourth-order valence-corrected chi connectivity index (χ4v) is 3.90. The van der Waals surface area contributed by atoms with Gasteiger partial charge >= 0.3 is 11.9 Å². The minimum Gasteiger partial charge on any atom is -0.493 e. The molecule has 0 aliphatic carbocycles. The number of ether oxygens (including phenoxy) is 3. The van der Waals surface area contributed by atoms with E-state index in [9.17, 15) is 19.5 Å². The molecule has 0 aromatic heterocycles. The lowest BCUT2D eigenvalue weighted by molar-refractivity contribution is -0.150. The zero-order valence-electron chi connectivity index (χ0n) is 15.1. The second-order valence-corrected chi connectivity index (χ2v) is 7.14. The number of rotatable bonds is 8. The van der Waals surface area contributed by atoms with Gasteiger partial charge in [0.25, 0.3) is 5.91 Å². The lowest BCUT2D eigenvalue weighted by Gasteiger charge is -2.21. The predicted molar refractivity (Wildman–Crippen MR) is 105 cm³/mol. The Morgan fingerprint density at radius 1 is 1.18 bits per heavy atom. The van der Waals surface area contributed by atoms with Crippen molar-refractivity contribution in [1.82, 2.24) is 4.90 Å². The Morgan fingerprint density at radius 3 is 2.18 bits per heavy atom. The summed E-state index contributed by atoms with van der Waals surface area (Å²) in [5.74, 6) is -2.36. The lowest BCUT2D eigenvalue weighted by Crippen LogP contribution is -2.45. The van der Waals surface area contributed by atoms with Crippen molar-refractivity contribution < 1.29 is 38.8 Å². The van der Waals surface area contributed by atoms with E-state index in [0.717, 1.165) is 16.7 Å². The minimum absolute atomic E-state index is 0.0302. The zero-order valence-corrected chi connectivity index (χ0v) is 16.8. The molecule has 9 nitrogen and oxygen atoms in total. The summed E-state index contributed by atoms with van der Waals surface area (Å²) in [6, 6.07) is 1.63. The van der Waals surface area contributed by atoms with Gasteiger partial charge in [-0.25, -0.2) is 4.79 Å².